The molecule has 4 atom stereocenters. The van der Waals surface area contributed by atoms with Crippen LogP contribution >= 0.6 is 0 Å². The highest BCUT2D eigenvalue weighted by molar-refractivity contribution is 5.94. The number of aliphatic hydroxyl groups excluding tert-OH is 1. The lowest BCUT2D eigenvalue weighted by Gasteiger charge is -2.24. The molecule has 0 bridgehead atoms. The number of amides is 4. The molecule has 16 heteroatoms. The van der Waals surface area contributed by atoms with Crippen LogP contribution in [0.5, 0.6) is 0 Å². The average Bonchev–Trinajstić information content (AvgIpc) is 2.74. The van der Waals surface area contributed by atoms with Crippen molar-refractivity contribution in [3.8, 4) is 0 Å². The van der Waals surface area contributed by atoms with E-state index in [2.05, 4.69) is 16.0 Å². The summed E-state index contributed by atoms with van der Waals surface area (Å²) in [7, 11) is 0. The highest BCUT2D eigenvalue weighted by atomic mass is 16.4. The smallest absolute Gasteiger partial charge is 0.326 e. The van der Waals surface area contributed by atoms with Gasteiger partial charge in [-0.25, -0.2) is 4.79 Å². The van der Waals surface area contributed by atoms with Gasteiger partial charge in [-0.1, -0.05) is 0 Å². The predicted molar refractivity (Wildman–Crippen MR) is 111 cm³/mol. The number of carbonyl (C=O) groups is 7. The molecule has 0 aliphatic heterocycles. The van der Waals surface area contributed by atoms with Gasteiger partial charge in [0.15, 0.2) is 0 Å². The number of hydrogen-bond acceptors (Lipinski definition) is 9. The first-order chi connectivity index (χ1) is 15.8. The van der Waals surface area contributed by atoms with Gasteiger partial charge in [-0.15, -0.1) is 0 Å². The Labute approximate surface area is 193 Å². The van der Waals surface area contributed by atoms with Crippen LogP contribution in [0.3, 0.4) is 0 Å². The van der Waals surface area contributed by atoms with Crippen molar-refractivity contribution in [1.82, 2.24) is 16.0 Å². The van der Waals surface area contributed by atoms with Crippen LogP contribution in [0.15, 0.2) is 0 Å². The van der Waals surface area contributed by atoms with E-state index < -0.39 is 91.6 Å². The summed E-state index contributed by atoms with van der Waals surface area (Å²) in [5.74, 6) is -8.02. The van der Waals surface area contributed by atoms with Crippen molar-refractivity contribution < 1.29 is 54.0 Å². The Balaban J connectivity index is 5.32. The zero-order chi connectivity index (χ0) is 26.4. The van der Waals surface area contributed by atoms with Crippen LogP contribution in [0.4, 0.5) is 0 Å². The monoisotopic (exact) mass is 491 g/mol. The molecule has 0 spiro atoms. The van der Waals surface area contributed by atoms with Crippen LogP contribution < -0.4 is 27.4 Å². The maximum absolute atomic E-state index is 12.5. The minimum atomic E-state index is -1.63. The number of carboxylic acids is 3. The fourth-order valence-electron chi connectivity index (χ4n) is 2.51. The molecule has 0 aromatic heterocycles. The summed E-state index contributed by atoms with van der Waals surface area (Å²) in [5, 5.41) is 42.4. The Morgan fingerprint density at radius 2 is 1.09 bits per heavy atom. The molecular formula is C18H29N5O11. The molecule has 0 saturated carbocycles. The Bertz CT molecular complexity index is 788. The summed E-state index contributed by atoms with van der Waals surface area (Å²) in [4.78, 5) is 80.7. The maximum atomic E-state index is 12.5. The first-order valence-corrected chi connectivity index (χ1v) is 10.0. The second kappa shape index (κ2) is 15.1. The molecular weight excluding hydrogens is 462 g/mol. The van der Waals surface area contributed by atoms with E-state index >= 15 is 0 Å². The van der Waals surface area contributed by atoms with E-state index in [-0.39, 0.29) is 19.3 Å². The van der Waals surface area contributed by atoms with Gasteiger partial charge < -0.3 is 47.8 Å². The van der Waals surface area contributed by atoms with E-state index in [1.54, 1.807) is 0 Å². The molecule has 4 unspecified atom stereocenters. The van der Waals surface area contributed by atoms with Gasteiger partial charge in [0.25, 0.3) is 0 Å². The molecule has 0 aromatic carbocycles. The Morgan fingerprint density at radius 1 is 0.647 bits per heavy atom. The number of nitrogens with two attached hydrogens (primary N) is 2. The molecule has 0 saturated heterocycles. The number of hydrogen-bond donors (Lipinski definition) is 9. The fourth-order valence-corrected chi connectivity index (χ4v) is 2.51. The van der Waals surface area contributed by atoms with E-state index in [1.807, 2.05) is 0 Å². The van der Waals surface area contributed by atoms with Crippen molar-refractivity contribution in [2.24, 2.45) is 11.5 Å². The normalized spacial score (nSPS) is 14.1. The Kier molecular flexibility index (Phi) is 13.4. The summed E-state index contributed by atoms with van der Waals surface area (Å²) >= 11 is 0. The summed E-state index contributed by atoms with van der Waals surface area (Å²) in [6.45, 7) is -0.952. The molecule has 11 N–H and O–H groups in total. The van der Waals surface area contributed by atoms with Gasteiger partial charge in [0.2, 0.25) is 23.6 Å². The van der Waals surface area contributed by atoms with Gasteiger partial charge >= 0.3 is 17.9 Å². The third-order valence-electron chi connectivity index (χ3n) is 4.40. The van der Waals surface area contributed by atoms with Crippen molar-refractivity contribution >= 4 is 41.5 Å². The largest absolute Gasteiger partial charge is 0.481 e. The Hall–Kier alpha value is -3.79. The minimum Gasteiger partial charge on any atom is -0.481 e. The number of nitrogens with one attached hydrogen (secondary N) is 3. The van der Waals surface area contributed by atoms with Crippen molar-refractivity contribution in [2.45, 2.75) is 62.7 Å². The van der Waals surface area contributed by atoms with Crippen LogP contribution in [-0.4, -0.2) is 92.7 Å². The van der Waals surface area contributed by atoms with E-state index in [4.69, 9.17) is 21.7 Å². The zero-order valence-corrected chi connectivity index (χ0v) is 18.1. The third kappa shape index (κ3) is 12.3. The first-order valence-electron chi connectivity index (χ1n) is 10.0. The highest BCUT2D eigenvalue weighted by Gasteiger charge is 2.30. The molecule has 16 nitrogen and oxygen atoms in total. The number of aliphatic carboxylic acids is 3. The van der Waals surface area contributed by atoms with Crippen LogP contribution in [-0.2, 0) is 33.6 Å². The molecule has 0 aromatic rings. The standard InChI is InChI=1S/C18H29N5O11/c19-8(1-5-13(26)27)15(30)23-11(7-24)17(32)21-9(3-6-14(28)29)16(31)22-10(18(33)34)2-4-12(20)25/h8-11,24H,1-7,19H2,(H2,20,25)(H,21,32)(H,22,31)(H,23,30)(H,26,27)(H,28,29)(H,33,34). The van der Waals surface area contributed by atoms with Crippen molar-refractivity contribution in [3.63, 3.8) is 0 Å². The molecule has 0 fully saturated rings. The van der Waals surface area contributed by atoms with E-state index in [9.17, 15) is 43.8 Å². The number of aliphatic hydroxyl groups is 1. The number of carboxylic acid groups (broad SMARTS) is 3. The predicted octanol–water partition coefficient (Wildman–Crippen LogP) is -4.16. The van der Waals surface area contributed by atoms with Crippen molar-refractivity contribution in [3.05, 3.63) is 0 Å². The van der Waals surface area contributed by atoms with Gasteiger partial charge in [0.05, 0.1) is 12.6 Å². The molecule has 4 amide bonds. The fraction of sp³-hybridized carbons (Fsp3) is 0.611. The lowest BCUT2D eigenvalue weighted by Crippen LogP contribution is -2.58. The summed E-state index contributed by atoms with van der Waals surface area (Å²) in [5.41, 5.74) is 10.5. The molecule has 0 rings (SSSR count). The molecule has 34 heavy (non-hydrogen) atoms. The second-order valence-electron chi connectivity index (χ2n) is 7.18. The SMILES string of the molecule is NC(=O)CCC(NC(=O)C(CCC(=O)O)NC(=O)C(CO)NC(=O)C(N)CCC(=O)O)C(=O)O. The molecule has 0 aliphatic rings. The number of rotatable bonds is 17. The quantitative estimate of drug-likeness (QED) is 0.0936. The van der Waals surface area contributed by atoms with Gasteiger partial charge in [-0.2, -0.15) is 0 Å². The molecule has 0 heterocycles. The van der Waals surface area contributed by atoms with E-state index in [0.29, 0.717) is 0 Å². The first kappa shape index (κ1) is 30.2. The van der Waals surface area contributed by atoms with E-state index in [0.717, 1.165) is 0 Å². The molecule has 192 valence electrons. The second-order valence-corrected chi connectivity index (χ2v) is 7.18. The number of primary amides is 1. The number of carbonyl (C=O) groups excluding carboxylic acids is 4. The van der Waals surface area contributed by atoms with Crippen molar-refractivity contribution in [1.29, 1.82) is 0 Å². The van der Waals surface area contributed by atoms with Gasteiger partial charge in [0, 0.05) is 19.3 Å². The molecule has 0 radical (unpaired) electrons. The topological polar surface area (TPSA) is 289 Å². The van der Waals surface area contributed by atoms with Gasteiger partial charge in [-0.3, -0.25) is 28.8 Å². The maximum Gasteiger partial charge on any atom is 0.326 e. The Morgan fingerprint density at radius 3 is 1.56 bits per heavy atom. The molecule has 0 aliphatic carbocycles. The lowest BCUT2D eigenvalue weighted by atomic mass is 10.1. The summed E-state index contributed by atoms with van der Waals surface area (Å²) in [6.07, 6.45) is -2.49. The van der Waals surface area contributed by atoms with Gasteiger partial charge in [0.1, 0.15) is 18.1 Å². The summed E-state index contributed by atoms with van der Waals surface area (Å²) < 4.78 is 0. The van der Waals surface area contributed by atoms with Gasteiger partial charge in [-0.05, 0) is 19.3 Å². The highest BCUT2D eigenvalue weighted by Crippen LogP contribution is 2.04. The minimum absolute atomic E-state index is 0.257. The van der Waals surface area contributed by atoms with E-state index in [1.165, 1.54) is 0 Å². The van der Waals surface area contributed by atoms with Crippen LogP contribution in [0.2, 0.25) is 0 Å². The van der Waals surface area contributed by atoms with Crippen LogP contribution in [0.1, 0.15) is 38.5 Å². The summed E-state index contributed by atoms with van der Waals surface area (Å²) in [6, 6.07) is -6.09. The zero-order valence-electron chi connectivity index (χ0n) is 18.1. The third-order valence-corrected chi connectivity index (χ3v) is 4.40. The van der Waals surface area contributed by atoms with Crippen LogP contribution in [0, 0.1) is 0 Å². The average molecular weight is 491 g/mol. The lowest BCUT2D eigenvalue weighted by molar-refractivity contribution is -0.143. The van der Waals surface area contributed by atoms with Crippen LogP contribution in [0.25, 0.3) is 0 Å². The van der Waals surface area contributed by atoms with Crippen molar-refractivity contribution in [2.75, 3.05) is 6.61 Å².